The van der Waals surface area contributed by atoms with Gasteiger partial charge in [0.25, 0.3) is 0 Å². The Morgan fingerprint density at radius 2 is 1.82 bits per heavy atom. The zero-order chi connectivity index (χ0) is 18.8. The second-order valence-electron chi connectivity index (χ2n) is 9.99. The molecule has 0 amide bonds. The van der Waals surface area contributed by atoms with Crippen molar-refractivity contribution < 1.29 is 9.90 Å². The summed E-state index contributed by atoms with van der Waals surface area (Å²) in [5, 5.41) is 9.85. The quantitative estimate of drug-likeness (QED) is 0.870. The van der Waals surface area contributed by atoms with Crippen molar-refractivity contribution in [3.63, 3.8) is 0 Å². The van der Waals surface area contributed by atoms with Crippen LogP contribution in [0.5, 0.6) is 0 Å². The molecule has 4 fully saturated rings. The monoisotopic (exact) mass is 381 g/mol. The van der Waals surface area contributed by atoms with E-state index in [0.29, 0.717) is 23.4 Å². The van der Waals surface area contributed by atoms with Crippen LogP contribution >= 0.6 is 0 Å². The number of nitrogens with zero attached hydrogens (tertiary/aromatic N) is 3. The van der Waals surface area contributed by atoms with Gasteiger partial charge in [-0.25, -0.2) is 9.78 Å². The predicted octanol–water partition coefficient (Wildman–Crippen LogP) is 3.36. The highest BCUT2D eigenvalue weighted by atomic mass is 16.4. The third-order valence-corrected chi connectivity index (χ3v) is 8.16. The second kappa shape index (κ2) is 6.45. The molecular formula is C23H31N3O2. The Morgan fingerprint density at radius 1 is 1.00 bits per heavy atom. The minimum atomic E-state index is -0.818. The van der Waals surface area contributed by atoms with Crippen LogP contribution in [0.15, 0.2) is 6.07 Å². The van der Waals surface area contributed by atoms with E-state index < -0.39 is 5.97 Å². The van der Waals surface area contributed by atoms with Crippen LogP contribution in [0.4, 0.5) is 5.82 Å². The highest BCUT2D eigenvalue weighted by molar-refractivity contribution is 5.93. The molecule has 28 heavy (non-hydrogen) atoms. The van der Waals surface area contributed by atoms with Crippen molar-refractivity contribution in [2.45, 2.75) is 69.9 Å². The summed E-state index contributed by atoms with van der Waals surface area (Å²) < 4.78 is 0. The number of anilines is 1. The van der Waals surface area contributed by atoms with Gasteiger partial charge in [-0.2, -0.15) is 0 Å². The van der Waals surface area contributed by atoms with Crippen LogP contribution in [0.2, 0.25) is 0 Å². The summed E-state index contributed by atoms with van der Waals surface area (Å²) in [4.78, 5) is 22.1. The van der Waals surface area contributed by atoms with Crippen LogP contribution in [0.1, 0.15) is 66.6 Å². The fraction of sp³-hybridized carbons (Fsp3) is 0.739. The molecular weight excluding hydrogens is 350 g/mol. The molecule has 1 saturated carbocycles. The molecule has 4 heterocycles. The SMILES string of the molecule is O=C(O)c1cc2c(nc1N1C[C@@H]3C[C@H](C1)[C@@H]1CCC[C@H](C4CC4)N1C3)CCC2. The van der Waals surface area contributed by atoms with E-state index in [9.17, 15) is 9.90 Å². The summed E-state index contributed by atoms with van der Waals surface area (Å²) in [5.74, 6) is 2.23. The fourth-order valence-corrected chi connectivity index (χ4v) is 6.87. The summed E-state index contributed by atoms with van der Waals surface area (Å²) in [6.45, 7) is 3.18. The van der Waals surface area contributed by atoms with E-state index in [2.05, 4.69) is 9.80 Å². The Labute approximate surface area is 167 Å². The lowest BCUT2D eigenvalue weighted by molar-refractivity contribution is -0.0259. The van der Waals surface area contributed by atoms with E-state index in [-0.39, 0.29) is 0 Å². The van der Waals surface area contributed by atoms with Crippen molar-refractivity contribution >= 4 is 11.8 Å². The van der Waals surface area contributed by atoms with Crippen LogP contribution in [-0.4, -0.2) is 52.7 Å². The van der Waals surface area contributed by atoms with Crippen molar-refractivity contribution in [3.05, 3.63) is 22.9 Å². The number of piperidine rings is 3. The Kier molecular flexibility index (Phi) is 3.97. The molecule has 1 aromatic heterocycles. The maximum Gasteiger partial charge on any atom is 0.339 e. The average Bonchev–Trinajstić information content (AvgIpc) is 3.43. The van der Waals surface area contributed by atoms with Crippen LogP contribution in [0, 0.1) is 17.8 Å². The molecule has 6 rings (SSSR count). The summed E-state index contributed by atoms with van der Waals surface area (Å²) >= 11 is 0. The summed E-state index contributed by atoms with van der Waals surface area (Å²) in [5.41, 5.74) is 2.73. The lowest BCUT2D eigenvalue weighted by atomic mass is 9.74. The van der Waals surface area contributed by atoms with Crippen LogP contribution in [0.3, 0.4) is 0 Å². The Morgan fingerprint density at radius 3 is 2.61 bits per heavy atom. The van der Waals surface area contributed by atoms with E-state index in [0.717, 1.165) is 61.4 Å². The maximum absolute atomic E-state index is 12.0. The third-order valence-electron chi connectivity index (χ3n) is 8.16. The zero-order valence-corrected chi connectivity index (χ0v) is 16.6. The van der Waals surface area contributed by atoms with Gasteiger partial charge >= 0.3 is 5.97 Å². The molecule has 1 aromatic rings. The number of carbonyl (C=O) groups is 1. The minimum Gasteiger partial charge on any atom is -0.478 e. The first kappa shape index (κ1) is 17.3. The van der Waals surface area contributed by atoms with Crippen LogP contribution in [0.25, 0.3) is 0 Å². The van der Waals surface area contributed by atoms with Gasteiger partial charge in [0, 0.05) is 37.4 Å². The molecule has 0 aromatic carbocycles. The van der Waals surface area contributed by atoms with Crippen molar-refractivity contribution in [1.29, 1.82) is 0 Å². The normalized spacial score (nSPS) is 34.8. The smallest absolute Gasteiger partial charge is 0.339 e. The molecule has 5 aliphatic rings. The highest BCUT2D eigenvalue weighted by Gasteiger charge is 2.48. The standard InChI is InChI=1S/C23H31N3O2/c27-23(28)18-10-16-3-1-4-19(16)24-22(18)25-11-14-9-17(13-25)21-6-2-5-20(15-7-8-15)26(21)12-14/h10,14-15,17,20-21H,1-9,11-13H2,(H,27,28)/t14-,17+,20+,21-/m0/s1. The molecule has 2 aliphatic carbocycles. The average molecular weight is 382 g/mol. The molecule has 5 heteroatoms. The van der Waals surface area contributed by atoms with Crippen LogP contribution < -0.4 is 4.90 Å². The molecule has 0 spiro atoms. The topological polar surface area (TPSA) is 56.7 Å². The number of carboxylic acids is 1. The summed E-state index contributed by atoms with van der Waals surface area (Å²) in [6, 6.07) is 3.47. The number of aromatic nitrogens is 1. The van der Waals surface area contributed by atoms with E-state index in [1.165, 1.54) is 45.1 Å². The third kappa shape index (κ3) is 2.77. The first-order valence-corrected chi connectivity index (χ1v) is 11.4. The molecule has 3 aliphatic heterocycles. The molecule has 1 N–H and O–H groups in total. The Hall–Kier alpha value is -1.62. The Balaban J connectivity index is 1.30. The number of carboxylic acid groups (broad SMARTS) is 1. The molecule has 3 saturated heterocycles. The van der Waals surface area contributed by atoms with Gasteiger partial charge in [-0.15, -0.1) is 0 Å². The van der Waals surface area contributed by atoms with Gasteiger partial charge < -0.3 is 10.0 Å². The van der Waals surface area contributed by atoms with Crippen molar-refractivity contribution in [2.75, 3.05) is 24.5 Å². The largest absolute Gasteiger partial charge is 0.478 e. The molecule has 4 atom stereocenters. The number of aromatic carboxylic acids is 1. The van der Waals surface area contributed by atoms with E-state index in [1.807, 2.05) is 6.07 Å². The predicted molar refractivity (Wildman–Crippen MR) is 108 cm³/mol. The number of aryl methyl sites for hydroxylation is 2. The number of hydrogen-bond acceptors (Lipinski definition) is 4. The van der Waals surface area contributed by atoms with Crippen LogP contribution in [-0.2, 0) is 12.8 Å². The number of pyridine rings is 1. The second-order valence-corrected chi connectivity index (χ2v) is 9.99. The van der Waals surface area contributed by atoms with Gasteiger partial charge in [-0.05, 0) is 80.8 Å². The number of hydrogen-bond donors (Lipinski definition) is 1. The summed E-state index contributed by atoms with van der Waals surface area (Å²) in [6.07, 6.45) is 11.4. The summed E-state index contributed by atoms with van der Waals surface area (Å²) in [7, 11) is 0. The van der Waals surface area contributed by atoms with Gasteiger partial charge in [0.15, 0.2) is 0 Å². The van der Waals surface area contributed by atoms with Gasteiger partial charge in [0.2, 0.25) is 0 Å². The molecule has 5 nitrogen and oxygen atoms in total. The first-order valence-electron chi connectivity index (χ1n) is 11.4. The van der Waals surface area contributed by atoms with Crippen molar-refractivity contribution in [2.24, 2.45) is 17.8 Å². The molecule has 150 valence electrons. The van der Waals surface area contributed by atoms with E-state index >= 15 is 0 Å². The molecule has 2 bridgehead atoms. The van der Waals surface area contributed by atoms with E-state index in [4.69, 9.17) is 4.98 Å². The van der Waals surface area contributed by atoms with Gasteiger partial charge in [-0.1, -0.05) is 6.42 Å². The Bertz CT molecular complexity index is 805. The zero-order valence-electron chi connectivity index (χ0n) is 16.6. The van der Waals surface area contributed by atoms with Crippen molar-refractivity contribution in [1.82, 2.24) is 9.88 Å². The molecule has 0 unspecified atom stereocenters. The van der Waals surface area contributed by atoms with Gasteiger partial charge in [0.05, 0.1) is 0 Å². The lowest BCUT2D eigenvalue weighted by Crippen LogP contribution is -2.62. The number of fused-ring (bicyclic) bond motifs is 5. The first-order chi connectivity index (χ1) is 13.7. The minimum absolute atomic E-state index is 0.428. The highest BCUT2D eigenvalue weighted by Crippen LogP contribution is 2.47. The van der Waals surface area contributed by atoms with Gasteiger partial charge in [0.1, 0.15) is 11.4 Å². The van der Waals surface area contributed by atoms with Crippen molar-refractivity contribution in [3.8, 4) is 0 Å². The lowest BCUT2D eigenvalue weighted by Gasteiger charge is -2.55. The van der Waals surface area contributed by atoms with E-state index in [1.54, 1.807) is 0 Å². The van der Waals surface area contributed by atoms with Gasteiger partial charge in [-0.3, -0.25) is 4.90 Å². The molecule has 0 radical (unpaired) electrons. The number of rotatable bonds is 3. The fourth-order valence-electron chi connectivity index (χ4n) is 6.87. The maximum atomic E-state index is 12.0.